The molecule has 152 valence electrons. The molecule has 3 aromatic rings. The van der Waals surface area contributed by atoms with Crippen molar-refractivity contribution in [2.45, 2.75) is 11.4 Å². The van der Waals surface area contributed by atoms with E-state index in [2.05, 4.69) is 30.9 Å². The third-order valence-electron chi connectivity index (χ3n) is 3.99. The highest BCUT2D eigenvalue weighted by Gasteiger charge is 2.28. The third-order valence-corrected chi connectivity index (χ3v) is 6.84. The van der Waals surface area contributed by atoms with E-state index in [0.717, 1.165) is 4.31 Å². The van der Waals surface area contributed by atoms with Crippen LogP contribution in [0.3, 0.4) is 0 Å². The Kier molecular flexibility index (Phi) is 6.56. The van der Waals surface area contributed by atoms with E-state index >= 15 is 0 Å². The second kappa shape index (κ2) is 8.93. The zero-order valence-corrected chi connectivity index (χ0v) is 18.6. The van der Waals surface area contributed by atoms with Crippen LogP contribution in [0.2, 0.25) is 5.15 Å². The van der Waals surface area contributed by atoms with Crippen molar-refractivity contribution in [1.29, 1.82) is 0 Å². The van der Waals surface area contributed by atoms with Crippen molar-refractivity contribution in [3.63, 3.8) is 0 Å². The number of halogens is 2. The van der Waals surface area contributed by atoms with Gasteiger partial charge in [0.05, 0.1) is 25.2 Å². The van der Waals surface area contributed by atoms with Gasteiger partial charge >= 0.3 is 0 Å². The maximum atomic E-state index is 13.4. The summed E-state index contributed by atoms with van der Waals surface area (Å²) in [5.41, 5.74) is 0.622. The quantitative estimate of drug-likeness (QED) is 0.457. The van der Waals surface area contributed by atoms with Crippen LogP contribution in [-0.4, -0.2) is 37.6 Å². The molecule has 0 amide bonds. The first-order chi connectivity index (χ1) is 13.9. The first-order valence-electron chi connectivity index (χ1n) is 8.17. The van der Waals surface area contributed by atoms with E-state index in [4.69, 9.17) is 21.1 Å². The van der Waals surface area contributed by atoms with Crippen LogP contribution in [0.4, 0.5) is 5.82 Å². The van der Waals surface area contributed by atoms with E-state index in [1.165, 1.54) is 45.1 Å². The Morgan fingerprint density at radius 3 is 2.55 bits per heavy atom. The summed E-state index contributed by atoms with van der Waals surface area (Å²) in [5.74, 6) is 1.27. The molecule has 8 nitrogen and oxygen atoms in total. The molecule has 29 heavy (non-hydrogen) atoms. The summed E-state index contributed by atoms with van der Waals surface area (Å²) < 4.78 is 39.0. The van der Waals surface area contributed by atoms with Crippen molar-refractivity contribution >= 4 is 43.4 Å². The van der Waals surface area contributed by atoms with Crippen LogP contribution < -0.4 is 13.8 Å². The van der Waals surface area contributed by atoms with Gasteiger partial charge in [-0.3, -0.25) is 0 Å². The van der Waals surface area contributed by atoms with Crippen molar-refractivity contribution in [3.05, 3.63) is 64.2 Å². The molecule has 0 atom stereocenters. The van der Waals surface area contributed by atoms with Crippen LogP contribution in [0.25, 0.3) is 0 Å². The number of sulfonamides is 1. The molecule has 0 bridgehead atoms. The molecule has 2 heterocycles. The van der Waals surface area contributed by atoms with Gasteiger partial charge in [-0.2, -0.15) is 0 Å². The first-order valence-corrected chi connectivity index (χ1v) is 10.8. The Labute approximate surface area is 181 Å². The number of rotatable bonds is 7. The van der Waals surface area contributed by atoms with Gasteiger partial charge in [0.1, 0.15) is 33.7 Å². The highest BCUT2D eigenvalue weighted by atomic mass is 79.9. The van der Waals surface area contributed by atoms with Gasteiger partial charge in [0.25, 0.3) is 10.0 Å². The fourth-order valence-corrected chi connectivity index (χ4v) is 4.50. The molecule has 3 rings (SSSR count). The lowest BCUT2D eigenvalue weighted by molar-refractivity contribution is 0.391. The van der Waals surface area contributed by atoms with Crippen LogP contribution in [0.15, 0.2) is 58.4 Å². The van der Waals surface area contributed by atoms with Crippen molar-refractivity contribution in [2.24, 2.45) is 0 Å². The number of aromatic nitrogens is 3. The van der Waals surface area contributed by atoms with E-state index in [-0.39, 0.29) is 22.4 Å². The third kappa shape index (κ3) is 4.60. The number of pyridine rings is 1. The molecule has 0 unspecified atom stereocenters. The standard InChI is InChI=1S/C18H16BrClN4O4S/c1-27-13-4-3-12(16(7-13)28-2)10-24(17-5-6-21-11-23-17)29(25,26)14-8-15(19)18(20)22-9-14/h3-9,11H,10H2,1-2H3. The molecule has 0 radical (unpaired) electrons. The molecule has 1 aromatic carbocycles. The molecule has 0 aliphatic rings. The van der Waals surface area contributed by atoms with E-state index < -0.39 is 10.0 Å². The minimum Gasteiger partial charge on any atom is -0.497 e. The van der Waals surface area contributed by atoms with Crippen LogP contribution in [0, 0.1) is 0 Å². The summed E-state index contributed by atoms with van der Waals surface area (Å²) in [4.78, 5) is 11.9. The molecular formula is C18H16BrClN4O4S. The SMILES string of the molecule is COc1ccc(CN(c2ccncn2)S(=O)(=O)c2cnc(Cl)c(Br)c2)c(OC)c1. The molecule has 0 spiro atoms. The number of nitrogens with zero attached hydrogens (tertiary/aromatic N) is 4. The Balaban J connectivity index is 2.10. The predicted octanol–water partition coefficient (Wildman–Crippen LogP) is 3.70. The van der Waals surface area contributed by atoms with Gasteiger partial charge in [-0.15, -0.1) is 0 Å². The van der Waals surface area contributed by atoms with Crippen LogP contribution in [0.1, 0.15) is 5.56 Å². The van der Waals surface area contributed by atoms with Crippen molar-refractivity contribution in [2.75, 3.05) is 18.5 Å². The van der Waals surface area contributed by atoms with Gasteiger partial charge in [0.15, 0.2) is 0 Å². The zero-order chi connectivity index (χ0) is 21.0. The van der Waals surface area contributed by atoms with Gasteiger partial charge < -0.3 is 9.47 Å². The smallest absolute Gasteiger partial charge is 0.267 e. The lowest BCUT2D eigenvalue weighted by atomic mass is 10.2. The van der Waals surface area contributed by atoms with E-state index in [0.29, 0.717) is 21.5 Å². The van der Waals surface area contributed by atoms with Crippen molar-refractivity contribution < 1.29 is 17.9 Å². The predicted molar refractivity (Wildman–Crippen MR) is 112 cm³/mol. The summed E-state index contributed by atoms with van der Waals surface area (Å²) in [7, 11) is -0.986. The fraction of sp³-hybridized carbons (Fsp3) is 0.167. The Morgan fingerprint density at radius 2 is 1.93 bits per heavy atom. The Hall–Kier alpha value is -2.43. The van der Waals surface area contributed by atoms with E-state index in [1.807, 2.05) is 0 Å². The summed E-state index contributed by atoms with van der Waals surface area (Å²) in [6.07, 6.45) is 3.94. The molecular weight excluding hydrogens is 484 g/mol. The molecule has 0 saturated carbocycles. The van der Waals surface area contributed by atoms with Gasteiger partial charge in [0.2, 0.25) is 0 Å². The fourth-order valence-electron chi connectivity index (χ4n) is 2.53. The number of hydrogen-bond donors (Lipinski definition) is 0. The van der Waals surface area contributed by atoms with Crippen molar-refractivity contribution in [1.82, 2.24) is 15.0 Å². The summed E-state index contributed by atoms with van der Waals surface area (Å²) in [6, 6.07) is 8.04. The zero-order valence-electron chi connectivity index (χ0n) is 15.4. The maximum absolute atomic E-state index is 13.4. The van der Waals surface area contributed by atoms with Gasteiger partial charge in [-0.25, -0.2) is 27.7 Å². The van der Waals surface area contributed by atoms with Gasteiger partial charge in [-0.05, 0) is 34.1 Å². The lowest BCUT2D eigenvalue weighted by Crippen LogP contribution is -2.31. The maximum Gasteiger partial charge on any atom is 0.267 e. The lowest BCUT2D eigenvalue weighted by Gasteiger charge is -2.24. The van der Waals surface area contributed by atoms with Crippen LogP contribution >= 0.6 is 27.5 Å². The first kappa shape index (κ1) is 21.3. The minimum absolute atomic E-state index is 0.0350. The molecule has 0 fully saturated rings. The number of ether oxygens (including phenoxy) is 2. The van der Waals surface area contributed by atoms with Crippen molar-refractivity contribution in [3.8, 4) is 11.5 Å². The number of anilines is 1. The average molecular weight is 500 g/mol. The highest BCUT2D eigenvalue weighted by molar-refractivity contribution is 9.10. The molecule has 11 heteroatoms. The van der Waals surface area contributed by atoms with E-state index in [1.54, 1.807) is 18.2 Å². The molecule has 0 aliphatic heterocycles. The number of methoxy groups -OCH3 is 2. The molecule has 0 N–H and O–H groups in total. The molecule has 0 saturated heterocycles. The van der Waals surface area contributed by atoms with E-state index in [9.17, 15) is 8.42 Å². The monoisotopic (exact) mass is 498 g/mol. The Morgan fingerprint density at radius 1 is 1.14 bits per heavy atom. The minimum atomic E-state index is -4.03. The topological polar surface area (TPSA) is 94.5 Å². The summed E-state index contributed by atoms with van der Waals surface area (Å²) >= 11 is 9.12. The number of benzene rings is 1. The number of hydrogen-bond acceptors (Lipinski definition) is 7. The normalized spacial score (nSPS) is 11.2. The second-order valence-electron chi connectivity index (χ2n) is 5.70. The summed E-state index contributed by atoms with van der Waals surface area (Å²) in [6.45, 7) is -0.0350. The van der Waals surface area contributed by atoms with Gasteiger partial charge in [-0.1, -0.05) is 11.6 Å². The highest BCUT2D eigenvalue weighted by Crippen LogP contribution is 2.31. The van der Waals surface area contributed by atoms with Crippen LogP contribution in [-0.2, 0) is 16.6 Å². The molecule has 2 aromatic heterocycles. The Bertz CT molecular complexity index is 1120. The van der Waals surface area contributed by atoms with Gasteiger partial charge in [0, 0.05) is 30.1 Å². The van der Waals surface area contributed by atoms with Crippen LogP contribution in [0.5, 0.6) is 11.5 Å². The largest absolute Gasteiger partial charge is 0.497 e. The average Bonchev–Trinajstić information content (AvgIpc) is 2.74. The molecule has 0 aliphatic carbocycles. The second-order valence-corrected chi connectivity index (χ2v) is 8.78. The summed E-state index contributed by atoms with van der Waals surface area (Å²) in [5, 5.41) is 0.161.